The average Bonchev–Trinajstić information content (AvgIpc) is 3.03. The van der Waals surface area contributed by atoms with Gasteiger partial charge in [-0.15, -0.1) is 11.3 Å². The van der Waals surface area contributed by atoms with Gasteiger partial charge >= 0.3 is 0 Å². The van der Waals surface area contributed by atoms with Crippen molar-refractivity contribution in [2.24, 2.45) is 4.99 Å². The molecule has 1 fully saturated rings. The zero-order chi connectivity index (χ0) is 13.9. The lowest BCUT2D eigenvalue weighted by Gasteiger charge is -1.99. The van der Waals surface area contributed by atoms with Crippen LogP contribution in [0.2, 0.25) is 0 Å². The molecule has 0 bridgehead atoms. The van der Waals surface area contributed by atoms with Gasteiger partial charge in [-0.05, 0) is 53.5 Å². The van der Waals surface area contributed by atoms with Crippen LogP contribution >= 0.6 is 23.1 Å². The number of thiophene rings is 1. The van der Waals surface area contributed by atoms with Crippen LogP contribution in [0.5, 0.6) is 5.75 Å². The topological polar surface area (TPSA) is 61.7 Å². The number of amidine groups is 1. The minimum absolute atomic E-state index is 0.134. The van der Waals surface area contributed by atoms with Crippen molar-refractivity contribution in [3.63, 3.8) is 0 Å². The Bertz CT molecular complexity index is 688. The first kappa shape index (κ1) is 13.0. The standard InChI is InChI=1S/C14H10N2O2S2/c17-10-5-3-9(4-6-10)15-13-12(20-14(18)16-13)8-11-2-1-7-19-11/h1-8,17H,(H,15,16,18)/b12-8-. The van der Waals surface area contributed by atoms with E-state index >= 15 is 0 Å². The van der Waals surface area contributed by atoms with Gasteiger partial charge in [-0.25, -0.2) is 4.99 Å². The predicted molar refractivity (Wildman–Crippen MR) is 83.6 cm³/mol. The van der Waals surface area contributed by atoms with E-state index in [1.807, 2.05) is 23.6 Å². The molecule has 1 amide bonds. The van der Waals surface area contributed by atoms with E-state index in [0.29, 0.717) is 11.5 Å². The van der Waals surface area contributed by atoms with Gasteiger partial charge in [-0.3, -0.25) is 4.79 Å². The molecule has 0 atom stereocenters. The number of hydrogen-bond acceptors (Lipinski definition) is 5. The minimum Gasteiger partial charge on any atom is -0.508 e. The van der Waals surface area contributed by atoms with Crippen LogP contribution in [-0.4, -0.2) is 16.2 Å². The molecule has 0 saturated carbocycles. The van der Waals surface area contributed by atoms with Crippen molar-refractivity contribution in [2.75, 3.05) is 0 Å². The number of hydrogen-bond donors (Lipinski definition) is 2. The minimum atomic E-state index is -0.134. The van der Waals surface area contributed by atoms with Crippen LogP contribution in [0.3, 0.4) is 0 Å². The highest BCUT2D eigenvalue weighted by molar-refractivity contribution is 8.18. The van der Waals surface area contributed by atoms with Crippen LogP contribution in [0.15, 0.2) is 51.7 Å². The van der Waals surface area contributed by atoms with E-state index in [4.69, 9.17) is 0 Å². The lowest BCUT2D eigenvalue weighted by atomic mass is 10.3. The number of amides is 1. The number of nitrogens with zero attached hydrogens (tertiary/aromatic N) is 1. The molecule has 6 heteroatoms. The summed E-state index contributed by atoms with van der Waals surface area (Å²) in [5.41, 5.74) is 0.678. The largest absolute Gasteiger partial charge is 0.508 e. The molecule has 4 nitrogen and oxygen atoms in total. The number of thioether (sulfide) groups is 1. The van der Waals surface area contributed by atoms with Crippen LogP contribution in [-0.2, 0) is 0 Å². The number of carbonyl (C=O) groups excluding carboxylic acids is 1. The van der Waals surface area contributed by atoms with Crippen molar-refractivity contribution in [3.8, 4) is 5.75 Å². The van der Waals surface area contributed by atoms with Gasteiger partial charge < -0.3 is 10.4 Å². The maximum Gasteiger partial charge on any atom is 0.289 e. The van der Waals surface area contributed by atoms with Gasteiger partial charge in [0.05, 0.1) is 10.6 Å². The van der Waals surface area contributed by atoms with Crippen LogP contribution in [0.1, 0.15) is 4.88 Å². The highest BCUT2D eigenvalue weighted by Gasteiger charge is 2.23. The SMILES string of the molecule is O=C1NC(=Nc2ccc(O)cc2)/C(=C/c2cccs2)S1. The summed E-state index contributed by atoms with van der Waals surface area (Å²) in [5.74, 6) is 0.729. The quantitative estimate of drug-likeness (QED) is 0.882. The van der Waals surface area contributed by atoms with E-state index in [9.17, 15) is 9.90 Å². The maximum atomic E-state index is 11.5. The molecular weight excluding hydrogens is 292 g/mol. The third-order valence-corrected chi connectivity index (χ3v) is 4.20. The van der Waals surface area contributed by atoms with Gasteiger partial charge in [0.15, 0.2) is 0 Å². The van der Waals surface area contributed by atoms with Gasteiger partial charge in [0.1, 0.15) is 11.6 Å². The van der Waals surface area contributed by atoms with Crippen molar-refractivity contribution in [1.29, 1.82) is 0 Å². The van der Waals surface area contributed by atoms with Crippen molar-refractivity contribution < 1.29 is 9.90 Å². The molecule has 1 saturated heterocycles. The Morgan fingerprint density at radius 1 is 1.20 bits per heavy atom. The normalized spacial score (nSPS) is 18.7. The second-order valence-electron chi connectivity index (χ2n) is 4.02. The number of aliphatic imine (C=N–C) groups is 1. The summed E-state index contributed by atoms with van der Waals surface area (Å²) >= 11 is 2.74. The molecular formula is C14H10N2O2S2. The Labute approximate surface area is 123 Å². The van der Waals surface area contributed by atoms with Gasteiger partial charge in [0.2, 0.25) is 0 Å². The molecule has 0 spiro atoms. The monoisotopic (exact) mass is 302 g/mol. The molecule has 1 aromatic carbocycles. The summed E-state index contributed by atoms with van der Waals surface area (Å²) in [4.78, 5) is 17.8. The summed E-state index contributed by atoms with van der Waals surface area (Å²) in [5, 5.41) is 13.8. The number of phenolic OH excluding ortho intramolecular Hbond substituents is 1. The fourth-order valence-electron chi connectivity index (χ4n) is 1.67. The molecule has 2 N–H and O–H groups in total. The van der Waals surface area contributed by atoms with E-state index in [1.54, 1.807) is 35.6 Å². The second kappa shape index (κ2) is 5.52. The first-order valence-corrected chi connectivity index (χ1v) is 7.52. The van der Waals surface area contributed by atoms with Crippen LogP contribution in [0, 0.1) is 0 Å². The Balaban J connectivity index is 1.94. The highest BCUT2D eigenvalue weighted by Crippen LogP contribution is 2.29. The van der Waals surface area contributed by atoms with E-state index in [1.165, 1.54) is 0 Å². The highest BCUT2D eigenvalue weighted by atomic mass is 32.2. The summed E-state index contributed by atoms with van der Waals surface area (Å²) in [6, 6.07) is 10.5. The zero-order valence-electron chi connectivity index (χ0n) is 10.2. The van der Waals surface area contributed by atoms with Gasteiger partial charge in [0, 0.05) is 4.88 Å². The number of benzene rings is 1. The number of rotatable bonds is 2. The number of phenols is 1. The Morgan fingerprint density at radius 3 is 2.70 bits per heavy atom. The van der Waals surface area contributed by atoms with E-state index in [2.05, 4.69) is 10.3 Å². The zero-order valence-corrected chi connectivity index (χ0v) is 11.9. The smallest absolute Gasteiger partial charge is 0.289 e. The number of carbonyl (C=O) groups is 1. The molecule has 1 aromatic heterocycles. The first-order valence-electron chi connectivity index (χ1n) is 5.83. The first-order chi connectivity index (χ1) is 9.70. The second-order valence-corrected chi connectivity index (χ2v) is 6.01. The predicted octanol–water partition coefficient (Wildman–Crippen LogP) is 3.98. The van der Waals surface area contributed by atoms with E-state index in [0.717, 1.165) is 21.5 Å². The fourth-order valence-corrected chi connectivity index (χ4v) is 3.13. The molecule has 1 aliphatic heterocycles. The van der Waals surface area contributed by atoms with Gasteiger partial charge in [0.25, 0.3) is 5.24 Å². The molecule has 1 aliphatic rings. The molecule has 2 heterocycles. The van der Waals surface area contributed by atoms with Crippen LogP contribution in [0.25, 0.3) is 6.08 Å². The van der Waals surface area contributed by atoms with Crippen LogP contribution < -0.4 is 5.32 Å². The average molecular weight is 302 g/mol. The third-order valence-electron chi connectivity index (χ3n) is 2.56. The van der Waals surface area contributed by atoms with Crippen molar-refractivity contribution >= 4 is 45.9 Å². The summed E-state index contributed by atoms with van der Waals surface area (Å²) in [6.45, 7) is 0. The molecule has 100 valence electrons. The molecule has 0 aliphatic carbocycles. The maximum absolute atomic E-state index is 11.5. The Hall–Kier alpha value is -2.05. The van der Waals surface area contributed by atoms with Crippen molar-refractivity contribution in [1.82, 2.24) is 5.32 Å². The summed E-state index contributed by atoms with van der Waals surface area (Å²) < 4.78 is 0. The lowest BCUT2D eigenvalue weighted by molar-refractivity contribution is 0.265. The summed E-state index contributed by atoms with van der Waals surface area (Å²) in [6.07, 6.45) is 1.94. The fraction of sp³-hybridized carbons (Fsp3) is 0. The van der Waals surface area contributed by atoms with Gasteiger partial charge in [-0.1, -0.05) is 6.07 Å². The third kappa shape index (κ3) is 2.92. The number of aromatic hydroxyl groups is 1. The van der Waals surface area contributed by atoms with E-state index < -0.39 is 0 Å². The van der Waals surface area contributed by atoms with E-state index in [-0.39, 0.29) is 11.0 Å². The van der Waals surface area contributed by atoms with Crippen LogP contribution in [0.4, 0.5) is 10.5 Å². The molecule has 20 heavy (non-hydrogen) atoms. The Kier molecular flexibility index (Phi) is 3.58. The molecule has 0 radical (unpaired) electrons. The summed E-state index contributed by atoms with van der Waals surface area (Å²) in [7, 11) is 0. The molecule has 0 unspecified atom stereocenters. The lowest BCUT2D eigenvalue weighted by Crippen LogP contribution is -2.18. The van der Waals surface area contributed by atoms with Crippen molar-refractivity contribution in [3.05, 3.63) is 51.6 Å². The molecule has 2 aromatic rings. The number of nitrogens with one attached hydrogen (secondary N) is 1. The van der Waals surface area contributed by atoms with Crippen molar-refractivity contribution in [2.45, 2.75) is 0 Å². The van der Waals surface area contributed by atoms with Gasteiger partial charge in [-0.2, -0.15) is 0 Å². The Morgan fingerprint density at radius 2 is 2.00 bits per heavy atom. The molecule has 3 rings (SSSR count).